The molecule has 23 heavy (non-hydrogen) atoms. The molecule has 1 aromatic carbocycles. The molecule has 5 heteroatoms. The van der Waals surface area contributed by atoms with Crippen molar-refractivity contribution < 1.29 is 4.79 Å². The number of aromatic nitrogens is 2. The molecule has 1 N–H and O–H groups in total. The Labute approximate surface area is 139 Å². The smallest absolute Gasteiger partial charge is 0.226 e. The maximum Gasteiger partial charge on any atom is 0.226 e. The predicted molar refractivity (Wildman–Crippen MR) is 91.6 cm³/mol. The van der Waals surface area contributed by atoms with Crippen LogP contribution in [0.15, 0.2) is 42.0 Å². The Hall–Kier alpha value is -2.14. The van der Waals surface area contributed by atoms with Gasteiger partial charge in [-0.2, -0.15) is 0 Å². The molecule has 1 fully saturated rings. The van der Waals surface area contributed by atoms with Gasteiger partial charge in [0.1, 0.15) is 0 Å². The van der Waals surface area contributed by atoms with Crippen molar-refractivity contribution in [3.63, 3.8) is 0 Å². The van der Waals surface area contributed by atoms with E-state index in [0.717, 1.165) is 10.7 Å². The van der Waals surface area contributed by atoms with Crippen LogP contribution in [0.2, 0.25) is 0 Å². The van der Waals surface area contributed by atoms with Gasteiger partial charge in [-0.25, -0.2) is 4.98 Å². The molecule has 4 nitrogen and oxygen atoms in total. The molecule has 0 unspecified atom stereocenters. The summed E-state index contributed by atoms with van der Waals surface area (Å²) in [7, 11) is 0. The molecule has 1 amide bonds. The molecule has 0 bridgehead atoms. The molecule has 2 aromatic heterocycles. The van der Waals surface area contributed by atoms with Crippen molar-refractivity contribution in [2.45, 2.75) is 32.2 Å². The first-order chi connectivity index (χ1) is 11.2. The zero-order valence-electron chi connectivity index (χ0n) is 13.0. The molecule has 3 aromatic rings. The van der Waals surface area contributed by atoms with Crippen LogP contribution in [0.3, 0.4) is 0 Å². The highest BCUT2D eigenvalue weighted by Gasteiger charge is 2.34. The molecule has 118 valence electrons. The fourth-order valence-electron chi connectivity index (χ4n) is 3.07. The monoisotopic (exact) mass is 325 g/mol. The van der Waals surface area contributed by atoms with Gasteiger partial charge in [0.15, 0.2) is 4.96 Å². The lowest BCUT2D eigenvalue weighted by Gasteiger charge is -2.20. The number of aryl methyl sites for hydroxylation is 1. The molecule has 0 aliphatic heterocycles. The molecule has 0 spiro atoms. The maximum absolute atomic E-state index is 12.5. The molecule has 1 saturated carbocycles. The van der Waals surface area contributed by atoms with Crippen LogP contribution in [-0.4, -0.2) is 15.3 Å². The quantitative estimate of drug-likeness (QED) is 0.780. The summed E-state index contributed by atoms with van der Waals surface area (Å²) in [6.45, 7) is 2.11. The Morgan fingerprint density at radius 1 is 1.43 bits per heavy atom. The van der Waals surface area contributed by atoms with Crippen LogP contribution in [0.4, 0.5) is 0 Å². The molecular formula is C18H19N3OS. The molecule has 0 radical (unpaired) electrons. The number of amides is 1. The van der Waals surface area contributed by atoms with Crippen LogP contribution in [0.25, 0.3) is 4.96 Å². The number of imidazole rings is 1. The van der Waals surface area contributed by atoms with Gasteiger partial charge in [-0.15, -0.1) is 11.3 Å². The number of hydrogen-bond acceptors (Lipinski definition) is 3. The zero-order chi connectivity index (χ0) is 15.8. The standard InChI is InChI=1S/C18H19N3OS/c1-12-4-2-3-5-15(12)17(13-6-7-13)20-16(22)10-14-11-21-8-9-23-18(21)19-14/h2-5,8-9,11,13,17H,6-7,10H2,1H3,(H,20,22)/t17-/m0/s1. The van der Waals surface area contributed by atoms with Gasteiger partial charge < -0.3 is 5.32 Å². The van der Waals surface area contributed by atoms with Crippen LogP contribution in [0.1, 0.15) is 35.7 Å². The van der Waals surface area contributed by atoms with E-state index in [0.29, 0.717) is 12.3 Å². The summed E-state index contributed by atoms with van der Waals surface area (Å²) >= 11 is 1.58. The van der Waals surface area contributed by atoms with Crippen molar-refractivity contribution in [3.05, 3.63) is 58.9 Å². The summed E-state index contributed by atoms with van der Waals surface area (Å²) in [5.41, 5.74) is 3.31. The predicted octanol–water partition coefficient (Wildman–Crippen LogP) is 3.51. The Bertz CT molecular complexity index is 818. The number of carbonyl (C=O) groups excluding carboxylic acids is 1. The Morgan fingerprint density at radius 3 is 3.00 bits per heavy atom. The fourth-order valence-corrected chi connectivity index (χ4v) is 3.78. The average molecular weight is 325 g/mol. The second-order valence-corrected chi connectivity index (χ2v) is 7.11. The Morgan fingerprint density at radius 2 is 2.26 bits per heavy atom. The fraction of sp³-hybridized carbons (Fsp3) is 0.333. The van der Waals surface area contributed by atoms with Crippen molar-refractivity contribution in [1.29, 1.82) is 0 Å². The van der Waals surface area contributed by atoms with E-state index in [4.69, 9.17) is 0 Å². The van der Waals surface area contributed by atoms with Gasteiger partial charge >= 0.3 is 0 Å². The van der Waals surface area contributed by atoms with Crippen molar-refractivity contribution in [2.75, 3.05) is 0 Å². The van der Waals surface area contributed by atoms with E-state index in [9.17, 15) is 4.79 Å². The molecule has 2 heterocycles. The molecular weight excluding hydrogens is 306 g/mol. The van der Waals surface area contributed by atoms with Crippen molar-refractivity contribution in [2.24, 2.45) is 5.92 Å². The van der Waals surface area contributed by atoms with Gasteiger partial charge in [0.2, 0.25) is 5.91 Å². The number of carbonyl (C=O) groups is 1. The van der Waals surface area contributed by atoms with E-state index in [2.05, 4.69) is 29.4 Å². The van der Waals surface area contributed by atoms with Crippen LogP contribution < -0.4 is 5.32 Å². The second-order valence-electron chi connectivity index (χ2n) is 6.24. The minimum Gasteiger partial charge on any atom is -0.349 e. The Kier molecular flexibility index (Phi) is 3.65. The topological polar surface area (TPSA) is 46.4 Å². The van der Waals surface area contributed by atoms with E-state index < -0.39 is 0 Å². The van der Waals surface area contributed by atoms with Gasteiger partial charge in [-0.05, 0) is 36.8 Å². The van der Waals surface area contributed by atoms with E-state index in [1.165, 1.54) is 24.0 Å². The Balaban J connectivity index is 1.49. The first kappa shape index (κ1) is 14.5. The number of rotatable bonds is 5. The van der Waals surface area contributed by atoms with Gasteiger partial charge in [0.25, 0.3) is 0 Å². The highest BCUT2D eigenvalue weighted by molar-refractivity contribution is 7.15. The first-order valence-electron chi connectivity index (χ1n) is 7.96. The highest BCUT2D eigenvalue weighted by Crippen LogP contribution is 2.41. The summed E-state index contributed by atoms with van der Waals surface area (Å²) in [4.78, 5) is 17.9. The van der Waals surface area contributed by atoms with Crippen molar-refractivity contribution in [3.8, 4) is 0 Å². The number of thiazole rings is 1. The van der Waals surface area contributed by atoms with Gasteiger partial charge in [-0.1, -0.05) is 24.3 Å². The number of benzene rings is 1. The molecule has 0 saturated heterocycles. The number of nitrogens with zero attached hydrogens (tertiary/aromatic N) is 2. The normalized spacial score (nSPS) is 15.7. The molecule has 1 atom stereocenters. The SMILES string of the molecule is Cc1ccccc1[C@@H](NC(=O)Cc1cn2ccsc2n1)C1CC1. The zero-order valence-corrected chi connectivity index (χ0v) is 13.8. The molecule has 1 aliphatic rings. The van der Waals surface area contributed by atoms with E-state index in [-0.39, 0.29) is 11.9 Å². The van der Waals surface area contributed by atoms with Crippen LogP contribution >= 0.6 is 11.3 Å². The third kappa shape index (κ3) is 3.01. The molecule has 4 rings (SSSR count). The summed E-state index contributed by atoms with van der Waals surface area (Å²) in [6, 6.07) is 8.47. The van der Waals surface area contributed by atoms with Gasteiger partial charge in [0.05, 0.1) is 18.2 Å². The number of nitrogens with one attached hydrogen (secondary N) is 1. The number of fused-ring (bicyclic) bond motifs is 1. The van der Waals surface area contributed by atoms with Crippen LogP contribution in [0.5, 0.6) is 0 Å². The summed E-state index contributed by atoms with van der Waals surface area (Å²) in [6.07, 6.45) is 6.63. The summed E-state index contributed by atoms with van der Waals surface area (Å²) in [5.74, 6) is 0.626. The maximum atomic E-state index is 12.5. The third-order valence-electron chi connectivity index (χ3n) is 4.42. The first-order valence-corrected chi connectivity index (χ1v) is 8.84. The molecule has 1 aliphatic carbocycles. The highest BCUT2D eigenvalue weighted by atomic mass is 32.1. The second kappa shape index (κ2) is 5.81. The minimum atomic E-state index is 0.0518. The lowest BCUT2D eigenvalue weighted by atomic mass is 9.97. The van der Waals surface area contributed by atoms with Gasteiger partial charge in [-0.3, -0.25) is 9.20 Å². The van der Waals surface area contributed by atoms with E-state index in [1.54, 1.807) is 11.3 Å². The number of hydrogen-bond donors (Lipinski definition) is 1. The summed E-state index contributed by atoms with van der Waals surface area (Å²) in [5, 5.41) is 5.23. The van der Waals surface area contributed by atoms with E-state index in [1.807, 2.05) is 34.3 Å². The van der Waals surface area contributed by atoms with Crippen LogP contribution in [-0.2, 0) is 11.2 Å². The third-order valence-corrected chi connectivity index (χ3v) is 5.19. The lowest BCUT2D eigenvalue weighted by Crippen LogP contribution is -2.31. The summed E-state index contributed by atoms with van der Waals surface area (Å²) < 4.78 is 1.97. The van der Waals surface area contributed by atoms with Crippen molar-refractivity contribution in [1.82, 2.24) is 14.7 Å². The van der Waals surface area contributed by atoms with E-state index >= 15 is 0 Å². The average Bonchev–Trinajstić information content (AvgIpc) is 3.16. The van der Waals surface area contributed by atoms with Gasteiger partial charge in [0, 0.05) is 17.8 Å². The lowest BCUT2D eigenvalue weighted by molar-refractivity contribution is -0.121. The van der Waals surface area contributed by atoms with Crippen LogP contribution in [0, 0.1) is 12.8 Å². The largest absolute Gasteiger partial charge is 0.349 e. The minimum absolute atomic E-state index is 0.0518. The van der Waals surface area contributed by atoms with Crippen molar-refractivity contribution >= 4 is 22.2 Å².